The minimum atomic E-state index is 0.560. The molecule has 3 aromatic carbocycles. The number of H-pyrrole nitrogens is 1. The van der Waals surface area contributed by atoms with E-state index >= 15 is 0 Å². The summed E-state index contributed by atoms with van der Waals surface area (Å²) in [6.07, 6.45) is 5.04. The highest BCUT2D eigenvalue weighted by Gasteiger charge is 2.20. The first-order valence-corrected chi connectivity index (χ1v) is 12.2. The minimum Gasteiger partial charge on any atom is -0.489 e. The van der Waals surface area contributed by atoms with Gasteiger partial charge in [-0.05, 0) is 65.6 Å². The molecule has 0 aliphatic carbocycles. The molecule has 5 aromatic rings. The number of hydrogen-bond acceptors (Lipinski definition) is 4. The van der Waals surface area contributed by atoms with Crippen molar-refractivity contribution in [3.63, 3.8) is 0 Å². The van der Waals surface area contributed by atoms with Crippen LogP contribution in [0.25, 0.3) is 22.3 Å². The van der Waals surface area contributed by atoms with Crippen LogP contribution in [0, 0.1) is 0 Å². The number of rotatable bonds is 6. The second kappa shape index (κ2) is 9.53. The van der Waals surface area contributed by atoms with Gasteiger partial charge in [0.05, 0.1) is 5.69 Å². The van der Waals surface area contributed by atoms with E-state index in [0.29, 0.717) is 11.6 Å². The predicted molar refractivity (Wildman–Crippen MR) is 139 cm³/mol. The van der Waals surface area contributed by atoms with Crippen molar-refractivity contribution in [1.29, 1.82) is 0 Å². The summed E-state index contributed by atoms with van der Waals surface area (Å²) in [4.78, 5) is 15.3. The smallest absolute Gasteiger partial charge is 0.159 e. The Morgan fingerprint density at radius 2 is 1.86 bits per heavy atom. The van der Waals surface area contributed by atoms with Crippen LogP contribution in [0.2, 0.25) is 5.02 Å². The van der Waals surface area contributed by atoms with Crippen molar-refractivity contribution in [3.8, 4) is 17.1 Å². The van der Waals surface area contributed by atoms with E-state index in [1.165, 1.54) is 16.5 Å². The minimum absolute atomic E-state index is 0.560. The van der Waals surface area contributed by atoms with E-state index < -0.39 is 0 Å². The van der Waals surface area contributed by atoms with Gasteiger partial charge in [-0.3, -0.25) is 4.90 Å². The van der Waals surface area contributed by atoms with Crippen LogP contribution in [0.5, 0.6) is 5.75 Å². The Hall–Kier alpha value is -3.67. The van der Waals surface area contributed by atoms with Gasteiger partial charge in [0.25, 0.3) is 0 Å². The van der Waals surface area contributed by atoms with Crippen molar-refractivity contribution in [1.82, 2.24) is 19.9 Å². The highest BCUT2D eigenvalue weighted by molar-refractivity contribution is 6.30. The molecule has 1 aliphatic heterocycles. The van der Waals surface area contributed by atoms with E-state index in [1.807, 2.05) is 54.7 Å². The van der Waals surface area contributed by atoms with E-state index in [-0.39, 0.29) is 0 Å². The average Bonchev–Trinajstić information content (AvgIpc) is 3.30. The maximum absolute atomic E-state index is 6.07. The number of hydrogen-bond donors (Lipinski definition) is 1. The number of aromatic amines is 1. The number of nitrogens with one attached hydrogen (secondary N) is 1. The van der Waals surface area contributed by atoms with Gasteiger partial charge >= 0.3 is 0 Å². The van der Waals surface area contributed by atoms with Gasteiger partial charge < -0.3 is 9.72 Å². The van der Waals surface area contributed by atoms with Crippen molar-refractivity contribution < 1.29 is 4.74 Å². The zero-order valence-electron chi connectivity index (χ0n) is 19.2. The Bertz CT molecular complexity index is 1460. The van der Waals surface area contributed by atoms with Crippen LogP contribution in [-0.4, -0.2) is 26.4 Å². The highest BCUT2D eigenvalue weighted by atomic mass is 35.5. The molecule has 174 valence electrons. The lowest BCUT2D eigenvalue weighted by Crippen LogP contribution is -2.31. The van der Waals surface area contributed by atoms with Crippen LogP contribution in [0.4, 0.5) is 0 Å². The molecule has 1 N–H and O–H groups in total. The zero-order valence-corrected chi connectivity index (χ0v) is 20.0. The van der Waals surface area contributed by atoms with E-state index in [0.717, 1.165) is 60.0 Å². The normalized spacial score (nSPS) is 13.6. The first kappa shape index (κ1) is 21.8. The molecule has 0 unspecified atom stereocenters. The van der Waals surface area contributed by atoms with Gasteiger partial charge in [-0.2, -0.15) is 0 Å². The molecule has 0 amide bonds. The van der Waals surface area contributed by atoms with E-state index in [4.69, 9.17) is 21.3 Å². The fourth-order valence-electron chi connectivity index (χ4n) is 4.59. The van der Waals surface area contributed by atoms with Gasteiger partial charge in [-0.1, -0.05) is 41.9 Å². The number of ether oxygens (including phenoxy) is 1. The fourth-order valence-corrected chi connectivity index (χ4v) is 4.72. The van der Waals surface area contributed by atoms with Gasteiger partial charge in [0.1, 0.15) is 12.4 Å². The maximum atomic E-state index is 6.07. The third-order valence-corrected chi connectivity index (χ3v) is 6.76. The monoisotopic (exact) mass is 480 g/mol. The molecule has 6 rings (SSSR count). The van der Waals surface area contributed by atoms with Crippen LogP contribution in [0.15, 0.2) is 85.2 Å². The Kier molecular flexibility index (Phi) is 5.94. The zero-order chi connectivity index (χ0) is 23.6. The quantitative estimate of drug-likeness (QED) is 0.305. The molecule has 0 spiro atoms. The van der Waals surface area contributed by atoms with Gasteiger partial charge in [-0.25, -0.2) is 9.97 Å². The molecular formula is C29H25ClN4O. The number of benzene rings is 3. The Morgan fingerprint density at radius 1 is 1.00 bits per heavy atom. The van der Waals surface area contributed by atoms with Crippen LogP contribution < -0.4 is 4.74 Å². The topological polar surface area (TPSA) is 54.0 Å². The number of halogens is 1. The third-order valence-electron chi connectivity index (χ3n) is 6.51. The highest BCUT2D eigenvalue weighted by Crippen LogP contribution is 2.28. The molecule has 0 radical (unpaired) electrons. The van der Waals surface area contributed by atoms with Crippen LogP contribution in [0.3, 0.4) is 0 Å². The SMILES string of the molecule is Clc1ccc(-c2ncc3c(n2)CN(Cc2c[nH]c4ccc(OCc5ccccc5)cc24)CC3)cc1. The molecule has 2 aromatic heterocycles. The van der Waals surface area contributed by atoms with Crippen molar-refractivity contribution in [2.45, 2.75) is 26.1 Å². The van der Waals surface area contributed by atoms with Gasteiger partial charge in [0.2, 0.25) is 0 Å². The number of aromatic nitrogens is 3. The van der Waals surface area contributed by atoms with Gasteiger partial charge in [0, 0.05) is 53.5 Å². The number of fused-ring (bicyclic) bond motifs is 2. The lowest BCUT2D eigenvalue weighted by atomic mass is 10.0. The molecule has 0 saturated carbocycles. The maximum Gasteiger partial charge on any atom is 0.159 e. The molecule has 0 atom stereocenters. The molecule has 5 nitrogen and oxygen atoms in total. The van der Waals surface area contributed by atoms with Crippen LogP contribution in [0.1, 0.15) is 22.4 Å². The Morgan fingerprint density at radius 3 is 2.71 bits per heavy atom. The van der Waals surface area contributed by atoms with Crippen LogP contribution in [-0.2, 0) is 26.1 Å². The standard InChI is InChI=1S/C29H25ClN4O/c30-24-8-6-21(7-9-24)29-32-15-22-12-13-34(18-28(22)33-29)17-23-16-31-27-11-10-25(14-26(23)27)35-19-20-4-2-1-3-5-20/h1-11,14-16,31H,12-13,17-19H2. The third kappa shape index (κ3) is 4.78. The molecule has 0 saturated heterocycles. The lowest BCUT2D eigenvalue weighted by molar-refractivity contribution is 0.242. The second-order valence-electron chi connectivity index (χ2n) is 8.93. The molecular weight excluding hydrogens is 456 g/mol. The lowest BCUT2D eigenvalue weighted by Gasteiger charge is -2.27. The fraction of sp³-hybridized carbons (Fsp3) is 0.172. The van der Waals surface area contributed by atoms with Gasteiger partial charge in [0.15, 0.2) is 5.82 Å². The molecule has 35 heavy (non-hydrogen) atoms. The van der Waals surface area contributed by atoms with E-state index in [2.05, 4.69) is 45.3 Å². The first-order valence-electron chi connectivity index (χ1n) is 11.8. The predicted octanol–water partition coefficient (Wildman–Crippen LogP) is 6.42. The summed E-state index contributed by atoms with van der Waals surface area (Å²) in [6.45, 7) is 3.19. The second-order valence-corrected chi connectivity index (χ2v) is 9.37. The van der Waals surface area contributed by atoms with E-state index in [9.17, 15) is 0 Å². The van der Waals surface area contributed by atoms with E-state index in [1.54, 1.807) is 0 Å². The summed E-state index contributed by atoms with van der Waals surface area (Å²) < 4.78 is 6.07. The first-order chi connectivity index (χ1) is 17.2. The van der Waals surface area contributed by atoms with Crippen molar-refractivity contribution in [3.05, 3.63) is 113 Å². The van der Waals surface area contributed by atoms with Crippen molar-refractivity contribution in [2.75, 3.05) is 6.54 Å². The summed E-state index contributed by atoms with van der Waals surface area (Å²) >= 11 is 6.04. The summed E-state index contributed by atoms with van der Waals surface area (Å²) in [5.74, 6) is 1.63. The Labute approximate surface area is 209 Å². The summed E-state index contributed by atoms with van der Waals surface area (Å²) in [5.41, 5.74) is 6.86. The summed E-state index contributed by atoms with van der Waals surface area (Å²) in [7, 11) is 0. The Balaban J connectivity index is 1.19. The molecule has 1 aliphatic rings. The average molecular weight is 481 g/mol. The van der Waals surface area contributed by atoms with Gasteiger partial charge in [-0.15, -0.1) is 0 Å². The summed E-state index contributed by atoms with van der Waals surface area (Å²) in [6, 6.07) is 24.2. The van der Waals surface area contributed by atoms with Crippen molar-refractivity contribution >= 4 is 22.5 Å². The molecule has 0 bridgehead atoms. The molecule has 0 fully saturated rings. The molecule has 3 heterocycles. The molecule has 6 heteroatoms. The largest absolute Gasteiger partial charge is 0.489 e. The van der Waals surface area contributed by atoms with Crippen molar-refractivity contribution in [2.24, 2.45) is 0 Å². The van der Waals surface area contributed by atoms with Crippen LogP contribution >= 0.6 is 11.6 Å². The summed E-state index contributed by atoms with van der Waals surface area (Å²) in [5, 5.41) is 1.91. The number of nitrogens with zero attached hydrogens (tertiary/aromatic N) is 3.